The van der Waals surface area contributed by atoms with Gasteiger partial charge >= 0.3 is 12.3 Å². The van der Waals surface area contributed by atoms with Gasteiger partial charge < -0.3 is 21.1 Å². The van der Waals surface area contributed by atoms with Crippen molar-refractivity contribution in [2.24, 2.45) is 0 Å². The van der Waals surface area contributed by atoms with Gasteiger partial charge in [0.25, 0.3) is 0 Å². The molecule has 0 bridgehead atoms. The molecule has 0 fully saturated rings. The number of anilines is 3. The van der Waals surface area contributed by atoms with E-state index in [-0.39, 0.29) is 24.6 Å². The van der Waals surface area contributed by atoms with Crippen LogP contribution >= 0.6 is 11.3 Å². The summed E-state index contributed by atoms with van der Waals surface area (Å²) in [6.07, 6.45) is -5.03. The molecule has 4 N–H and O–H groups in total. The average Bonchev–Trinajstić information content (AvgIpc) is 3.19. The van der Waals surface area contributed by atoms with Gasteiger partial charge in [0.2, 0.25) is 5.91 Å². The number of nitrogens with one attached hydrogen (secondary N) is 3. The molecule has 3 aromatic rings. The van der Waals surface area contributed by atoms with Crippen LogP contribution in [0, 0.1) is 0 Å². The molecule has 0 aliphatic rings. The van der Waals surface area contributed by atoms with Crippen molar-refractivity contribution in [2.75, 3.05) is 17.2 Å². The van der Waals surface area contributed by atoms with Crippen molar-refractivity contribution in [1.82, 2.24) is 10.3 Å². The van der Waals surface area contributed by atoms with Crippen LogP contribution in [-0.4, -0.2) is 28.6 Å². The van der Waals surface area contributed by atoms with Gasteiger partial charge in [-0.1, -0.05) is 18.2 Å². The van der Waals surface area contributed by atoms with Crippen molar-refractivity contribution in [3.05, 3.63) is 59.5 Å². The standard InChI is InChI=1S/C21H19F3N4O3S/c22-21(23,24)14-5-2-7-16(11-14)27-19-28-17(12-32-19)13-4-1-6-15(10-13)26-18(29)8-3-9-25-20(30)31/h1-2,4-7,10-12,25H,3,8-9H2,(H,26,29)(H,27,28)(H,30,31). The highest BCUT2D eigenvalue weighted by molar-refractivity contribution is 7.14. The summed E-state index contributed by atoms with van der Waals surface area (Å²) >= 11 is 1.24. The van der Waals surface area contributed by atoms with Gasteiger partial charge in [0.15, 0.2) is 5.13 Å². The summed E-state index contributed by atoms with van der Waals surface area (Å²) in [5.74, 6) is -0.250. The Hall–Kier alpha value is -3.60. The van der Waals surface area contributed by atoms with Gasteiger partial charge in [-0.15, -0.1) is 11.3 Å². The number of carboxylic acid groups (broad SMARTS) is 1. The largest absolute Gasteiger partial charge is 0.465 e. The summed E-state index contributed by atoms with van der Waals surface area (Å²) in [5, 5.41) is 18.5. The van der Waals surface area contributed by atoms with Gasteiger partial charge in [0.05, 0.1) is 11.3 Å². The Morgan fingerprint density at radius 2 is 1.81 bits per heavy atom. The van der Waals surface area contributed by atoms with E-state index < -0.39 is 17.8 Å². The molecule has 0 radical (unpaired) electrons. The van der Waals surface area contributed by atoms with Gasteiger partial charge in [-0.3, -0.25) is 4.79 Å². The van der Waals surface area contributed by atoms with Gasteiger partial charge in [0, 0.05) is 35.3 Å². The molecular weight excluding hydrogens is 445 g/mol. The number of benzene rings is 2. The van der Waals surface area contributed by atoms with E-state index in [0.29, 0.717) is 22.9 Å². The van der Waals surface area contributed by atoms with Crippen molar-refractivity contribution >= 4 is 39.8 Å². The van der Waals surface area contributed by atoms with E-state index in [4.69, 9.17) is 5.11 Å². The number of thiazole rings is 1. The molecule has 2 aromatic carbocycles. The number of halogens is 3. The highest BCUT2D eigenvalue weighted by Gasteiger charge is 2.30. The predicted octanol–water partition coefficient (Wildman–Crippen LogP) is 5.56. The molecule has 168 valence electrons. The lowest BCUT2D eigenvalue weighted by molar-refractivity contribution is -0.137. The number of aromatic nitrogens is 1. The Balaban J connectivity index is 1.63. The summed E-state index contributed by atoms with van der Waals surface area (Å²) in [4.78, 5) is 26.8. The Morgan fingerprint density at radius 1 is 1.06 bits per heavy atom. The normalized spacial score (nSPS) is 11.1. The Morgan fingerprint density at radius 3 is 2.56 bits per heavy atom. The third-order valence-electron chi connectivity index (χ3n) is 4.24. The van der Waals surface area contributed by atoms with Crippen LogP contribution in [0.2, 0.25) is 0 Å². The van der Waals surface area contributed by atoms with E-state index in [1.165, 1.54) is 23.5 Å². The second-order valence-electron chi connectivity index (χ2n) is 6.71. The first kappa shape index (κ1) is 23.1. The van der Waals surface area contributed by atoms with Gasteiger partial charge in [-0.25, -0.2) is 9.78 Å². The molecule has 11 heteroatoms. The third-order valence-corrected chi connectivity index (χ3v) is 5.00. The minimum absolute atomic E-state index is 0.159. The Bertz CT molecular complexity index is 1100. The fourth-order valence-corrected chi connectivity index (χ4v) is 3.52. The number of alkyl halides is 3. The number of rotatable bonds is 8. The van der Waals surface area contributed by atoms with Crippen LogP contribution < -0.4 is 16.0 Å². The lowest BCUT2D eigenvalue weighted by Gasteiger charge is -2.09. The lowest BCUT2D eigenvalue weighted by Crippen LogP contribution is -2.23. The lowest BCUT2D eigenvalue weighted by atomic mass is 10.1. The molecule has 0 atom stereocenters. The average molecular weight is 464 g/mol. The van der Waals surface area contributed by atoms with Crippen LogP contribution in [0.4, 0.5) is 34.5 Å². The van der Waals surface area contributed by atoms with Crippen molar-refractivity contribution in [2.45, 2.75) is 19.0 Å². The topological polar surface area (TPSA) is 103 Å². The first-order chi connectivity index (χ1) is 15.2. The summed E-state index contributed by atoms with van der Waals surface area (Å²) < 4.78 is 38.6. The number of hydrogen-bond donors (Lipinski definition) is 4. The number of amides is 2. The van der Waals surface area contributed by atoms with E-state index in [0.717, 1.165) is 17.7 Å². The van der Waals surface area contributed by atoms with E-state index >= 15 is 0 Å². The number of carbonyl (C=O) groups excluding carboxylic acids is 1. The number of nitrogens with zero attached hydrogens (tertiary/aromatic N) is 1. The minimum atomic E-state index is -4.43. The number of carbonyl (C=O) groups is 2. The highest BCUT2D eigenvalue weighted by Crippen LogP contribution is 2.33. The van der Waals surface area contributed by atoms with Gasteiger partial charge in [0.1, 0.15) is 0 Å². The van der Waals surface area contributed by atoms with Crippen molar-refractivity contribution in [1.29, 1.82) is 0 Å². The second kappa shape index (κ2) is 10.1. The fraction of sp³-hybridized carbons (Fsp3) is 0.190. The quantitative estimate of drug-likeness (QED) is 0.327. The zero-order valence-electron chi connectivity index (χ0n) is 16.6. The molecule has 3 rings (SSSR count). The molecular formula is C21H19F3N4O3S. The summed E-state index contributed by atoms with van der Waals surface area (Å²) in [6.45, 7) is 0.184. The molecule has 0 aliphatic heterocycles. The monoisotopic (exact) mass is 464 g/mol. The summed E-state index contributed by atoms with van der Waals surface area (Å²) in [6, 6.07) is 11.9. The molecule has 0 unspecified atom stereocenters. The summed E-state index contributed by atoms with van der Waals surface area (Å²) in [5.41, 5.74) is 1.41. The first-order valence-corrected chi connectivity index (χ1v) is 10.4. The zero-order valence-corrected chi connectivity index (χ0v) is 17.4. The number of hydrogen-bond acceptors (Lipinski definition) is 5. The van der Waals surface area contributed by atoms with Crippen molar-refractivity contribution in [3.8, 4) is 11.3 Å². The van der Waals surface area contributed by atoms with Gasteiger partial charge in [-0.2, -0.15) is 13.2 Å². The van der Waals surface area contributed by atoms with Crippen LogP contribution in [0.5, 0.6) is 0 Å². The first-order valence-electron chi connectivity index (χ1n) is 9.47. The van der Waals surface area contributed by atoms with Crippen molar-refractivity contribution < 1.29 is 27.9 Å². The maximum atomic E-state index is 12.9. The van der Waals surface area contributed by atoms with E-state index in [9.17, 15) is 22.8 Å². The molecule has 1 aromatic heterocycles. The van der Waals surface area contributed by atoms with Crippen LogP contribution in [0.3, 0.4) is 0 Å². The molecule has 0 aliphatic carbocycles. The van der Waals surface area contributed by atoms with Crippen LogP contribution in [0.15, 0.2) is 53.9 Å². The molecule has 2 amide bonds. The van der Waals surface area contributed by atoms with E-state index in [1.807, 2.05) is 0 Å². The predicted molar refractivity (Wildman–Crippen MR) is 116 cm³/mol. The fourth-order valence-electron chi connectivity index (χ4n) is 2.78. The maximum Gasteiger partial charge on any atom is 0.416 e. The van der Waals surface area contributed by atoms with Crippen molar-refractivity contribution in [3.63, 3.8) is 0 Å². The Kier molecular flexibility index (Phi) is 7.31. The highest BCUT2D eigenvalue weighted by atomic mass is 32.1. The molecule has 1 heterocycles. The smallest absolute Gasteiger partial charge is 0.416 e. The molecule has 0 saturated carbocycles. The maximum absolute atomic E-state index is 12.9. The second-order valence-corrected chi connectivity index (χ2v) is 7.56. The van der Waals surface area contributed by atoms with E-state index in [1.54, 1.807) is 29.6 Å². The zero-order chi connectivity index (χ0) is 23.1. The van der Waals surface area contributed by atoms with Gasteiger partial charge in [-0.05, 0) is 36.8 Å². The third kappa shape index (κ3) is 6.71. The summed E-state index contributed by atoms with van der Waals surface area (Å²) in [7, 11) is 0. The molecule has 32 heavy (non-hydrogen) atoms. The minimum Gasteiger partial charge on any atom is -0.465 e. The molecule has 0 saturated heterocycles. The van der Waals surface area contributed by atoms with Crippen LogP contribution in [0.25, 0.3) is 11.3 Å². The Labute approximate surface area is 185 Å². The van der Waals surface area contributed by atoms with Crippen LogP contribution in [0.1, 0.15) is 18.4 Å². The van der Waals surface area contributed by atoms with E-state index in [2.05, 4.69) is 20.9 Å². The van der Waals surface area contributed by atoms with Crippen LogP contribution in [-0.2, 0) is 11.0 Å². The SMILES string of the molecule is O=C(O)NCCCC(=O)Nc1cccc(-c2csc(Nc3cccc(C(F)(F)F)c3)n2)c1. The molecule has 0 spiro atoms. The molecule has 7 nitrogen and oxygen atoms in total.